The van der Waals surface area contributed by atoms with E-state index in [1.54, 1.807) is 0 Å². The summed E-state index contributed by atoms with van der Waals surface area (Å²) in [6, 6.07) is 0. The van der Waals surface area contributed by atoms with Crippen LogP contribution < -0.4 is 0 Å². The van der Waals surface area contributed by atoms with Gasteiger partial charge in [0.2, 0.25) is 0 Å². The van der Waals surface area contributed by atoms with Crippen LogP contribution in [0.15, 0.2) is 23.9 Å². The highest BCUT2D eigenvalue weighted by atomic mass is 15.1. The Balaban J connectivity index is 2.88. The van der Waals surface area contributed by atoms with E-state index in [0.29, 0.717) is 0 Å². The van der Waals surface area contributed by atoms with Gasteiger partial charge in [0, 0.05) is 7.05 Å². The van der Waals surface area contributed by atoms with Gasteiger partial charge in [-0.15, -0.1) is 0 Å². The van der Waals surface area contributed by atoms with E-state index in [-0.39, 0.29) is 5.54 Å². The van der Waals surface area contributed by atoms with Gasteiger partial charge in [-0.25, -0.2) is 0 Å². The summed E-state index contributed by atoms with van der Waals surface area (Å²) >= 11 is 0. The molecule has 0 aliphatic carbocycles. The Kier molecular flexibility index (Phi) is 1.59. The van der Waals surface area contributed by atoms with Crippen molar-refractivity contribution in [2.24, 2.45) is 0 Å². The van der Waals surface area contributed by atoms with Crippen molar-refractivity contribution in [1.29, 1.82) is 0 Å². The average molecular weight is 137 g/mol. The predicted molar refractivity (Wildman–Crippen MR) is 44.7 cm³/mol. The largest absolute Gasteiger partial charge is 0.372 e. The van der Waals surface area contributed by atoms with Gasteiger partial charge < -0.3 is 4.90 Å². The predicted octanol–water partition coefficient (Wildman–Crippen LogP) is 2.17. The van der Waals surface area contributed by atoms with Gasteiger partial charge in [-0.05, 0) is 33.0 Å². The van der Waals surface area contributed by atoms with Crippen LogP contribution >= 0.6 is 0 Å². The van der Waals surface area contributed by atoms with Crippen molar-refractivity contribution < 1.29 is 0 Å². The number of likely N-dealkylation sites (N-methyl/N-ethyl adjacent to an activating group) is 1. The van der Waals surface area contributed by atoms with E-state index in [4.69, 9.17) is 0 Å². The van der Waals surface area contributed by atoms with Gasteiger partial charge >= 0.3 is 0 Å². The van der Waals surface area contributed by atoms with E-state index in [1.807, 2.05) is 0 Å². The molecule has 1 heteroatoms. The lowest BCUT2D eigenvalue weighted by atomic mass is 9.97. The van der Waals surface area contributed by atoms with Crippen LogP contribution in [-0.4, -0.2) is 17.5 Å². The fraction of sp³-hybridized carbons (Fsp3) is 0.556. The molecule has 56 valence electrons. The molecular formula is C9H15N. The third-order valence-electron chi connectivity index (χ3n) is 2.05. The van der Waals surface area contributed by atoms with Gasteiger partial charge in [-0.3, -0.25) is 0 Å². The first-order chi connectivity index (χ1) is 4.52. The Morgan fingerprint density at radius 2 is 2.00 bits per heavy atom. The van der Waals surface area contributed by atoms with Crippen molar-refractivity contribution in [3.8, 4) is 0 Å². The molecule has 10 heavy (non-hydrogen) atoms. The monoisotopic (exact) mass is 137 g/mol. The fourth-order valence-electron chi connectivity index (χ4n) is 1.13. The Bertz CT molecular complexity index is 187. The molecule has 0 unspecified atom stereocenters. The molecule has 0 N–H and O–H groups in total. The second-order valence-corrected chi connectivity index (χ2v) is 3.47. The summed E-state index contributed by atoms with van der Waals surface area (Å²) in [6.45, 7) is 6.55. The second kappa shape index (κ2) is 2.15. The molecule has 0 amide bonds. The molecule has 0 spiro atoms. The Morgan fingerprint density at radius 3 is 2.40 bits per heavy atom. The number of allylic oxidation sites excluding steroid dienone is 2. The average Bonchev–Trinajstić information content (AvgIpc) is 1.78. The van der Waals surface area contributed by atoms with Crippen LogP contribution in [0.25, 0.3) is 0 Å². The molecule has 0 aromatic rings. The van der Waals surface area contributed by atoms with Gasteiger partial charge in [0.25, 0.3) is 0 Å². The molecule has 1 aliphatic heterocycles. The van der Waals surface area contributed by atoms with E-state index in [2.05, 4.69) is 51.1 Å². The van der Waals surface area contributed by atoms with E-state index in [0.717, 1.165) is 0 Å². The molecule has 0 atom stereocenters. The molecule has 1 nitrogen and oxygen atoms in total. The Hall–Kier alpha value is -0.720. The maximum absolute atomic E-state index is 2.27. The lowest BCUT2D eigenvalue weighted by molar-refractivity contribution is 0.280. The van der Waals surface area contributed by atoms with Crippen LogP contribution in [0.3, 0.4) is 0 Å². The second-order valence-electron chi connectivity index (χ2n) is 3.47. The molecule has 1 rings (SSSR count). The van der Waals surface area contributed by atoms with Crippen LogP contribution in [0.2, 0.25) is 0 Å². The molecule has 1 aliphatic rings. The van der Waals surface area contributed by atoms with E-state index in [1.165, 1.54) is 5.57 Å². The van der Waals surface area contributed by atoms with Crippen molar-refractivity contribution in [2.75, 3.05) is 7.05 Å². The van der Waals surface area contributed by atoms with Crippen LogP contribution in [0.4, 0.5) is 0 Å². The summed E-state index contributed by atoms with van der Waals surface area (Å²) in [7, 11) is 2.10. The summed E-state index contributed by atoms with van der Waals surface area (Å²) < 4.78 is 0. The quantitative estimate of drug-likeness (QED) is 0.494. The highest BCUT2D eigenvalue weighted by molar-refractivity contribution is 5.25. The highest BCUT2D eigenvalue weighted by Gasteiger charge is 2.19. The molecule has 0 saturated heterocycles. The molecule has 0 aromatic heterocycles. The van der Waals surface area contributed by atoms with Crippen molar-refractivity contribution in [3.63, 3.8) is 0 Å². The molecule has 0 fully saturated rings. The van der Waals surface area contributed by atoms with Gasteiger partial charge in [-0.2, -0.15) is 0 Å². The van der Waals surface area contributed by atoms with Gasteiger partial charge in [-0.1, -0.05) is 11.6 Å². The first-order valence-electron chi connectivity index (χ1n) is 3.63. The smallest absolute Gasteiger partial charge is 0.0525 e. The van der Waals surface area contributed by atoms with E-state index >= 15 is 0 Å². The maximum Gasteiger partial charge on any atom is 0.0525 e. The third kappa shape index (κ3) is 1.23. The minimum atomic E-state index is 0.193. The van der Waals surface area contributed by atoms with E-state index in [9.17, 15) is 0 Å². The molecular weight excluding hydrogens is 122 g/mol. The zero-order valence-corrected chi connectivity index (χ0v) is 7.18. The molecule has 1 heterocycles. The molecule has 0 radical (unpaired) electrons. The van der Waals surface area contributed by atoms with Crippen LogP contribution in [0.5, 0.6) is 0 Å². The Labute approximate surface area is 63.0 Å². The summed E-state index contributed by atoms with van der Waals surface area (Å²) in [5.41, 5.74) is 1.54. The molecule has 0 bridgehead atoms. The third-order valence-corrected chi connectivity index (χ3v) is 2.05. The summed E-state index contributed by atoms with van der Waals surface area (Å²) in [5, 5.41) is 0. The lowest BCUT2D eigenvalue weighted by Gasteiger charge is -2.35. The molecule has 0 aromatic carbocycles. The van der Waals surface area contributed by atoms with Crippen molar-refractivity contribution in [1.82, 2.24) is 4.90 Å². The first-order valence-corrected chi connectivity index (χ1v) is 3.63. The minimum Gasteiger partial charge on any atom is -0.372 e. The first kappa shape index (κ1) is 7.39. The van der Waals surface area contributed by atoms with Gasteiger partial charge in [0.15, 0.2) is 0 Å². The van der Waals surface area contributed by atoms with Crippen LogP contribution in [0.1, 0.15) is 20.8 Å². The number of hydrogen-bond acceptors (Lipinski definition) is 1. The fourth-order valence-corrected chi connectivity index (χ4v) is 1.13. The van der Waals surface area contributed by atoms with Crippen molar-refractivity contribution in [2.45, 2.75) is 26.3 Å². The Morgan fingerprint density at radius 1 is 1.40 bits per heavy atom. The topological polar surface area (TPSA) is 3.24 Å². The zero-order valence-electron chi connectivity index (χ0n) is 7.18. The van der Waals surface area contributed by atoms with Gasteiger partial charge in [0.05, 0.1) is 5.54 Å². The number of hydrogen-bond donors (Lipinski definition) is 0. The maximum atomic E-state index is 2.27. The minimum absolute atomic E-state index is 0.193. The van der Waals surface area contributed by atoms with Crippen molar-refractivity contribution >= 4 is 0 Å². The summed E-state index contributed by atoms with van der Waals surface area (Å²) in [6.07, 6.45) is 6.52. The van der Waals surface area contributed by atoms with Crippen LogP contribution in [-0.2, 0) is 0 Å². The SMILES string of the molecule is CC1=CC(C)(C)N(C)C=C1. The highest BCUT2D eigenvalue weighted by Crippen LogP contribution is 2.21. The van der Waals surface area contributed by atoms with Crippen LogP contribution in [0, 0.1) is 0 Å². The summed E-state index contributed by atoms with van der Waals surface area (Å²) in [4.78, 5) is 2.21. The van der Waals surface area contributed by atoms with Gasteiger partial charge in [0.1, 0.15) is 0 Å². The number of nitrogens with zero attached hydrogens (tertiary/aromatic N) is 1. The standard InChI is InChI=1S/C9H15N/c1-8-5-6-10(4)9(2,3)7-8/h5-7H,1-4H3. The number of rotatable bonds is 0. The lowest BCUT2D eigenvalue weighted by Crippen LogP contribution is -2.36. The normalized spacial score (nSPS) is 22.8. The zero-order chi connectivity index (χ0) is 7.78. The van der Waals surface area contributed by atoms with E-state index < -0.39 is 0 Å². The van der Waals surface area contributed by atoms with Crippen molar-refractivity contribution in [3.05, 3.63) is 23.9 Å². The summed E-state index contributed by atoms with van der Waals surface area (Å²) in [5.74, 6) is 0. The molecule has 0 saturated carbocycles.